The molecule has 0 bridgehead atoms. The van der Waals surface area contributed by atoms with Gasteiger partial charge >= 0.3 is 0 Å². The van der Waals surface area contributed by atoms with E-state index in [1.807, 2.05) is 11.4 Å². The van der Waals surface area contributed by atoms with Gasteiger partial charge < -0.3 is 4.90 Å². The molecule has 0 spiro atoms. The molecule has 25 heavy (non-hydrogen) atoms. The first-order valence-electron chi connectivity index (χ1n) is 7.59. The van der Waals surface area contributed by atoms with Gasteiger partial charge in [-0.15, -0.1) is 16.4 Å². The average Bonchev–Trinajstić information content (AvgIpc) is 3.33. The number of hydrogen-bond acceptors (Lipinski definition) is 7. The van der Waals surface area contributed by atoms with Crippen molar-refractivity contribution in [2.75, 3.05) is 11.9 Å². The van der Waals surface area contributed by atoms with Gasteiger partial charge in [0.2, 0.25) is 0 Å². The normalized spacial score (nSPS) is 13.6. The van der Waals surface area contributed by atoms with Gasteiger partial charge in [0.1, 0.15) is 0 Å². The summed E-state index contributed by atoms with van der Waals surface area (Å²) < 4.78 is 1.51. The molecule has 0 aliphatic carbocycles. The highest BCUT2D eigenvalue weighted by Gasteiger charge is 2.26. The summed E-state index contributed by atoms with van der Waals surface area (Å²) in [5, 5.41) is 12.9. The van der Waals surface area contributed by atoms with E-state index in [0.29, 0.717) is 35.2 Å². The van der Waals surface area contributed by atoms with Gasteiger partial charge in [0.05, 0.1) is 23.3 Å². The van der Waals surface area contributed by atoms with E-state index in [1.54, 1.807) is 24.2 Å². The number of aryl methyl sites for hydroxylation is 1. The first-order chi connectivity index (χ1) is 12.1. The fourth-order valence-corrected chi connectivity index (χ4v) is 4.23. The maximum absolute atomic E-state index is 12.5. The maximum Gasteiger partial charge on any atom is 0.276 e. The fraction of sp³-hybridized carbons (Fsp3) is 0.267. The summed E-state index contributed by atoms with van der Waals surface area (Å²) in [5.41, 5.74) is 1.27. The lowest BCUT2D eigenvalue weighted by Crippen LogP contribution is -2.35. The van der Waals surface area contributed by atoms with Crippen LogP contribution in [0.2, 0.25) is 0 Å². The Morgan fingerprint density at radius 2 is 2.24 bits per heavy atom. The Morgan fingerprint density at radius 3 is 2.96 bits per heavy atom. The molecule has 1 aliphatic rings. The predicted octanol–water partition coefficient (Wildman–Crippen LogP) is 1.78. The Bertz CT molecular complexity index is 930. The Balaban J connectivity index is 1.47. The zero-order valence-corrected chi connectivity index (χ0v) is 14.9. The van der Waals surface area contributed by atoms with Gasteiger partial charge in [-0.2, -0.15) is 0 Å². The van der Waals surface area contributed by atoms with Crippen molar-refractivity contribution in [2.45, 2.75) is 13.0 Å². The van der Waals surface area contributed by atoms with E-state index in [9.17, 15) is 9.59 Å². The van der Waals surface area contributed by atoms with E-state index < -0.39 is 0 Å². The minimum absolute atomic E-state index is 0.142. The lowest BCUT2D eigenvalue weighted by atomic mass is 10.1. The average molecular weight is 374 g/mol. The molecular weight excluding hydrogens is 360 g/mol. The van der Waals surface area contributed by atoms with Crippen molar-refractivity contribution in [2.24, 2.45) is 7.05 Å². The number of aromatic nitrogens is 4. The zero-order chi connectivity index (χ0) is 17.4. The fourth-order valence-electron chi connectivity index (χ4n) is 2.60. The highest BCUT2D eigenvalue weighted by molar-refractivity contribution is 7.16. The summed E-state index contributed by atoms with van der Waals surface area (Å²) >= 11 is 2.80. The van der Waals surface area contributed by atoms with Crippen LogP contribution in [0.4, 0.5) is 5.13 Å². The first kappa shape index (κ1) is 15.9. The van der Waals surface area contributed by atoms with Crippen LogP contribution in [0.5, 0.6) is 0 Å². The lowest BCUT2D eigenvalue weighted by molar-refractivity contribution is 0.0730. The smallest absolute Gasteiger partial charge is 0.276 e. The summed E-state index contributed by atoms with van der Waals surface area (Å²) in [7, 11) is 1.73. The van der Waals surface area contributed by atoms with Crippen molar-refractivity contribution in [3.8, 4) is 0 Å². The third kappa shape index (κ3) is 3.17. The number of carbonyl (C=O) groups excluding carboxylic acids is 2. The Morgan fingerprint density at radius 1 is 1.36 bits per heavy atom. The van der Waals surface area contributed by atoms with Crippen LogP contribution in [0.25, 0.3) is 0 Å². The first-order valence-corrected chi connectivity index (χ1v) is 9.29. The maximum atomic E-state index is 12.5. The van der Waals surface area contributed by atoms with Crippen molar-refractivity contribution in [1.29, 1.82) is 0 Å². The SMILES string of the molecule is Cn1cc(C(=O)N2CCc3nc(NC(=O)c4cccs4)sc3C2)nn1. The van der Waals surface area contributed by atoms with E-state index in [4.69, 9.17) is 0 Å². The molecule has 0 fully saturated rings. The molecular formula is C15H14N6O2S2. The molecule has 10 heteroatoms. The zero-order valence-electron chi connectivity index (χ0n) is 13.3. The van der Waals surface area contributed by atoms with Crippen LogP contribution < -0.4 is 5.32 Å². The lowest BCUT2D eigenvalue weighted by Gasteiger charge is -2.25. The summed E-state index contributed by atoms with van der Waals surface area (Å²) in [6.07, 6.45) is 2.27. The number of nitrogens with one attached hydrogen (secondary N) is 1. The second-order valence-corrected chi connectivity index (χ2v) is 7.61. The second-order valence-electron chi connectivity index (χ2n) is 5.57. The Hall–Kier alpha value is -2.59. The minimum Gasteiger partial charge on any atom is -0.332 e. The molecule has 4 rings (SSSR count). The van der Waals surface area contributed by atoms with Crippen molar-refractivity contribution < 1.29 is 9.59 Å². The highest BCUT2D eigenvalue weighted by atomic mass is 32.1. The summed E-state index contributed by atoms with van der Waals surface area (Å²) in [4.78, 5) is 32.5. The number of amides is 2. The predicted molar refractivity (Wildman–Crippen MR) is 93.8 cm³/mol. The molecule has 0 saturated carbocycles. The second kappa shape index (κ2) is 6.37. The van der Waals surface area contributed by atoms with Crippen LogP contribution in [-0.2, 0) is 20.0 Å². The molecule has 0 saturated heterocycles. The third-order valence-corrected chi connectivity index (χ3v) is 5.67. The highest BCUT2D eigenvalue weighted by Crippen LogP contribution is 2.29. The Kier molecular flexibility index (Phi) is 4.06. The molecule has 2 amide bonds. The van der Waals surface area contributed by atoms with Gasteiger partial charge in [0.25, 0.3) is 11.8 Å². The molecule has 4 heterocycles. The van der Waals surface area contributed by atoms with Crippen LogP contribution >= 0.6 is 22.7 Å². The van der Waals surface area contributed by atoms with Crippen LogP contribution in [0.1, 0.15) is 30.7 Å². The van der Waals surface area contributed by atoms with Crippen molar-refractivity contribution in [1.82, 2.24) is 24.9 Å². The van der Waals surface area contributed by atoms with Gasteiger partial charge in [-0.3, -0.25) is 19.6 Å². The van der Waals surface area contributed by atoms with E-state index in [0.717, 1.165) is 10.6 Å². The van der Waals surface area contributed by atoms with Gasteiger partial charge in [0.15, 0.2) is 10.8 Å². The van der Waals surface area contributed by atoms with E-state index >= 15 is 0 Å². The monoisotopic (exact) mass is 374 g/mol. The molecule has 3 aromatic heterocycles. The van der Waals surface area contributed by atoms with Crippen molar-refractivity contribution in [3.63, 3.8) is 0 Å². The molecule has 0 unspecified atom stereocenters. The number of thiazole rings is 1. The van der Waals surface area contributed by atoms with E-state index in [2.05, 4.69) is 20.6 Å². The van der Waals surface area contributed by atoms with Crippen molar-refractivity contribution >= 4 is 39.6 Å². The molecule has 1 aliphatic heterocycles. The van der Waals surface area contributed by atoms with Crippen LogP contribution in [0, 0.1) is 0 Å². The minimum atomic E-state index is -0.159. The van der Waals surface area contributed by atoms with Crippen LogP contribution in [-0.4, -0.2) is 43.2 Å². The summed E-state index contributed by atoms with van der Waals surface area (Å²) in [6, 6.07) is 3.61. The third-order valence-electron chi connectivity index (χ3n) is 3.81. The number of anilines is 1. The number of carbonyl (C=O) groups is 2. The summed E-state index contributed by atoms with van der Waals surface area (Å²) in [6.45, 7) is 1.04. The quantitative estimate of drug-likeness (QED) is 0.754. The number of hydrogen-bond donors (Lipinski definition) is 1. The Labute approximate surface area is 151 Å². The topological polar surface area (TPSA) is 93.0 Å². The molecule has 0 radical (unpaired) electrons. The largest absolute Gasteiger partial charge is 0.332 e. The number of thiophene rings is 1. The van der Waals surface area contributed by atoms with Gasteiger partial charge in [-0.25, -0.2) is 4.98 Å². The molecule has 3 aromatic rings. The van der Waals surface area contributed by atoms with Gasteiger partial charge in [-0.1, -0.05) is 22.6 Å². The molecule has 1 N–H and O–H groups in total. The van der Waals surface area contributed by atoms with Crippen LogP contribution in [0.3, 0.4) is 0 Å². The molecule has 0 aromatic carbocycles. The van der Waals surface area contributed by atoms with E-state index in [1.165, 1.54) is 27.4 Å². The molecule has 0 atom stereocenters. The van der Waals surface area contributed by atoms with E-state index in [-0.39, 0.29) is 11.8 Å². The number of fused-ring (bicyclic) bond motifs is 1. The summed E-state index contributed by atoms with van der Waals surface area (Å²) in [5.74, 6) is -0.301. The van der Waals surface area contributed by atoms with Crippen molar-refractivity contribution in [3.05, 3.63) is 44.9 Å². The van der Waals surface area contributed by atoms with Crippen LogP contribution in [0.15, 0.2) is 23.7 Å². The number of rotatable bonds is 3. The molecule has 8 nitrogen and oxygen atoms in total. The van der Waals surface area contributed by atoms with Gasteiger partial charge in [0, 0.05) is 24.9 Å². The standard InChI is InChI=1S/C15H14N6O2S2/c1-20-7-10(18-19-20)14(23)21-5-4-9-12(8-21)25-15(16-9)17-13(22)11-3-2-6-24-11/h2-3,6-7H,4-5,8H2,1H3,(H,16,17,22). The van der Waals surface area contributed by atoms with Gasteiger partial charge in [-0.05, 0) is 11.4 Å². The number of nitrogens with zero attached hydrogens (tertiary/aromatic N) is 5. The molecule has 128 valence electrons.